The number of nitrogens with zero attached hydrogens (tertiary/aromatic N) is 3. The van der Waals surface area contributed by atoms with Crippen LogP contribution in [0.3, 0.4) is 0 Å². The first-order valence-electron chi connectivity index (χ1n) is 6.82. The molecular weight excluding hydrogens is 254 g/mol. The van der Waals surface area contributed by atoms with Gasteiger partial charge in [0, 0.05) is 33.9 Å². The third kappa shape index (κ3) is 4.85. The molecule has 1 rings (SSSR count). The van der Waals surface area contributed by atoms with E-state index in [0.717, 1.165) is 11.7 Å². The molecule has 0 saturated carbocycles. The second-order valence-electron chi connectivity index (χ2n) is 5.84. The Balaban J connectivity index is 2.46. The average Bonchev–Trinajstić information content (AvgIpc) is 2.78. The summed E-state index contributed by atoms with van der Waals surface area (Å²) in [6.45, 7) is 7.88. The van der Waals surface area contributed by atoms with Crippen LogP contribution in [0.1, 0.15) is 26.5 Å². The Morgan fingerprint density at radius 1 is 1.45 bits per heavy atom. The SMILES string of the molecule is CN=C(NCc1ccnn1C)NCC(OC)C(C)(C)C. The predicted octanol–water partition coefficient (Wildman–Crippen LogP) is 1.15. The maximum Gasteiger partial charge on any atom is 0.191 e. The maximum absolute atomic E-state index is 5.52. The van der Waals surface area contributed by atoms with E-state index in [4.69, 9.17) is 4.74 Å². The topological polar surface area (TPSA) is 63.5 Å². The van der Waals surface area contributed by atoms with Crippen LogP contribution in [0.4, 0.5) is 0 Å². The van der Waals surface area contributed by atoms with Gasteiger partial charge in [0.1, 0.15) is 0 Å². The van der Waals surface area contributed by atoms with Gasteiger partial charge in [0.25, 0.3) is 0 Å². The van der Waals surface area contributed by atoms with Crippen LogP contribution in [-0.4, -0.2) is 42.5 Å². The molecular formula is C14H27N5O. The lowest BCUT2D eigenvalue weighted by Gasteiger charge is -2.30. The molecule has 0 bridgehead atoms. The van der Waals surface area contributed by atoms with Crippen LogP contribution < -0.4 is 10.6 Å². The smallest absolute Gasteiger partial charge is 0.191 e. The summed E-state index contributed by atoms with van der Waals surface area (Å²) in [5.41, 5.74) is 1.19. The van der Waals surface area contributed by atoms with Gasteiger partial charge in [-0.15, -0.1) is 0 Å². The third-order valence-corrected chi connectivity index (χ3v) is 3.29. The van der Waals surface area contributed by atoms with Gasteiger partial charge in [-0.2, -0.15) is 5.10 Å². The second-order valence-corrected chi connectivity index (χ2v) is 5.84. The molecule has 2 N–H and O–H groups in total. The first-order chi connectivity index (χ1) is 9.38. The first-order valence-corrected chi connectivity index (χ1v) is 6.82. The number of hydrogen-bond donors (Lipinski definition) is 2. The molecule has 0 aliphatic carbocycles. The van der Waals surface area contributed by atoms with Crippen molar-refractivity contribution in [2.24, 2.45) is 17.5 Å². The van der Waals surface area contributed by atoms with Crippen LogP contribution >= 0.6 is 0 Å². The zero-order valence-electron chi connectivity index (χ0n) is 13.4. The summed E-state index contributed by atoms with van der Waals surface area (Å²) < 4.78 is 7.36. The lowest BCUT2D eigenvalue weighted by molar-refractivity contribution is 0.0205. The molecule has 114 valence electrons. The van der Waals surface area contributed by atoms with E-state index >= 15 is 0 Å². The molecule has 0 aromatic carbocycles. The number of nitrogens with one attached hydrogen (secondary N) is 2. The summed E-state index contributed by atoms with van der Waals surface area (Å²) in [7, 11) is 5.43. The lowest BCUT2D eigenvalue weighted by Crippen LogP contribution is -2.45. The molecule has 0 radical (unpaired) electrons. The summed E-state index contributed by atoms with van der Waals surface area (Å²) in [4.78, 5) is 4.21. The monoisotopic (exact) mass is 281 g/mol. The van der Waals surface area contributed by atoms with Crippen LogP contribution in [0, 0.1) is 5.41 Å². The van der Waals surface area contributed by atoms with Crippen molar-refractivity contribution in [1.82, 2.24) is 20.4 Å². The predicted molar refractivity (Wildman–Crippen MR) is 81.7 cm³/mol. The van der Waals surface area contributed by atoms with E-state index in [-0.39, 0.29) is 11.5 Å². The molecule has 6 nitrogen and oxygen atoms in total. The molecule has 1 unspecified atom stereocenters. The highest BCUT2D eigenvalue weighted by molar-refractivity contribution is 5.79. The van der Waals surface area contributed by atoms with Crippen LogP contribution in [0.15, 0.2) is 17.3 Å². The zero-order chi connectivity index (χ0) is 15.2. The minimum atomic E-state index is 0.0860. The van der Waals surface area contributed by atoms with Gasteiger partial charge in [-0.3, -0.25) is 9.67 Å². The van der Waals surface area contributed by atoms with Crippen molar-refractivity contribution in [3.8, 4) is 0 Å². The van der Waals surface area contributed by atoms with E-state index < -0.39 is 0 Å². The Morgan fingerprint density at radius 3 is 2.60 bits per heavy atom. The minimum Gasteiger partial charge on any atom is -0.379 e. The lowest BCUT2D eigenvalue weighted by atomic mass is 9.89. The molecule has 1 atom stereocenters. The zero-order valence-corrected chi connectivity index (χ0v) is 13.4. The van der Waals surface area contributed by atoms with Gasteiger partial charge in [-0.1, -0.05) is 20.8 Å². The van der Waals surface area contributed by atoms with E-state index in [2.05, 4.69) is 41.5 Å². The summed E-state index contributed by atoms with van der Waals surface area (Å²) >= 11 is 0. The molecule has 0 aliphatic heterocycles. The van der Waals surface area contributed by atoms with Gasteiger partial charge in [-0.05, 0) is 11.5 Å². The number of aromatic nitrogens is 2. The van der Waals surface area contributed by atoms with Crippen molar-refractivity contribution in [2.75, 3.05) is 20.7 Å². The summed E-state index contributed by atoms with van der Waals surface area (Å²) in [5.74, 6) is 0.762. The fourth-order valence-corrected chi connectivity index (χ4v) is 1.90. The molecule has 0 amide bonds. The van der Waals surface area contributed by atoms with Crippen LogP contribution in [0.2, 0.25) is 0 Å². The third-order valence-electron chi connectivity index (χ3n) is 3.29. The average molecular weight is 281 g/mol. The molecule has 0 aliphatic rings. The largest absolute Gasteiger partial charge is 0.379 e. The molecule has 1 aromatic heterocycles. The highest BCUT2D eigenvalue weighted by atomic mass is 16.5. The highest BCUT2D eigenvalue weighted by Gasteiger charge is 2.24. The van der Waals surface area contributed by atoms with Crippen molar-refractivity contribution >= 4 is 5.96 Å². The highest BCUT2D eigenvalue weighted by Crippen LogP contribution is 2.20. The Morgan fingerprint density at radius 2 is 2.15 bits per heavy atom. The van der Waals surface area contributed by atoms with Crippen molar-refractivity contribution in [2.45, 2.75) is 33.4 Å². The Kier molecular flexibility index (Phi) is 6.01. The van der Waals surface area contributed by atoms with Crippen molar-refractivity contribution in [3.05, 3.63) is 18.0 Å². The number of aliphatic imine (C=N–C) groups is 1. The van der Waals surface area contributed by atoms with Gasteiger partial charge in [0.15, 0.2) is 5.96 Å². The van der Waals surface area contributed by atoms with Gasteiger partial charge in [0.05, 0.1) is 18.3 Å². The molecule has 0 fully saturated rings. The van der Waals surface area contributed by atoms with E-state index in [1.165, 1.54) is 0 Å². The van der Waals surface area contributed by atoms with Gasteiger partial charge < -0.3 is 15.4 Å². The van der Waals surface area contributed by atoms with E-state index in [1.807, 2.05) is 17.8 Å². The second kappa shape index (κ2) is 7.28. The van der Waals surface area contributed by atoms with E-state index in [9.17, 15) is 0 Å². The number of aryl methyl sites for hydroxylation is 1. The normalized spacial score (nSPS) is 14.2. The number of rotatable bonds is 5. The Labute approximate surface area is 121 Å². The molecule has 0 saturated heterocycles. The van der Waals surface area contributed by atoms with E-state index in [1.54, 1.807) is 20.4 Å². The maximum atomic E-state index is 5.52. The first kappa shape index (κ1) is 16.5. The summed E-state index contributed by atoms with van der Waals surface area (Å²) in [6, 6.07) is 1.98. The van der Waals surface area contributed by atoms with Crippen LogP contribution in [-0.2, 0) is 18.3 Å². The van der Waals surface area contributed by atoms with Crippen LogP contribution in [0.5, 0.6) is 0 Å². The van der Waals surface area contributed by atoms with Gasteiger partial charge in [0.2, 0.25) is 0 Å². The molecule has 0 spiro atoms. The van der Waals surface area contributed by atoms with Crippen molar-refractivity contribution < 1.29 is 4.74 Å². The van der Waals surface area contributed by atoms with Gasteiger partial charge >= 0.3 is 0 Å². The number of hydrogen-bond acceptors (Lipinski definition) is 3. The molecule has 6 heteroatoms. The Hall–Kier alpha value is -1.56. The van der Waals surface area contributed by atoms with Gasteiger partial charge in [-0.25, -0.2) is 0 Å². The fraction of sp³-hybridized carbons (Fsp3) is 0.714. The molecule has 20 heavy (non-hydrogen) atoms. The summed E-state index contributed by atoms with van der Waals surface area (Å²) in [6.07, 6.45) is 1.91. The number of guanidine groups is 1. The molecule has 1 aromatic rings. The van der Waals surface area contributed by atoms with Crippen LogP contribution in [0.25, 0.3) is 0 Å². The number of methoxy groups -OCH3 is 1. The Bertz CT molecular complexity index is 433. The quantitative estimate of drug-likeness (QED) is 0.628. The van der Waals surface area contributed by atoms with E-state index in [0.29, 0.717) is 13.1 Å². The summed E-state index contributed by atoms with van der Waals surface area (Å²) in [5, 5.41) is 10.7. The fourth-order valence-electron chi connectivity index (χ4n) is 1.90. The molecule has 1 heterocycles. The van der Waals surface area contributed by atoms with Crippen molar-refractivity contribution in [3.63, 3.8) is 0 Å². The number of ether oxygens (including phenoxy) is 1. The minimum absolute atomic E-state index is 0.0860. The standard InChI is InChI=1S/C14H27N5O/c1-14(2,3)12(20-6)10-17-13(15-4)16-9-11-7-8-18-19(11)5/h7-8,12H,9-10H2,1-6H3,(H2,15,16,17). The van der Waals surface area contributed by atoms with Crippen molar-refractivity contribution in [1.29, 1.82) is 0 Å².